The largest absolute Gasteiger partial charge is 0.381 e. The normalized spacial score (nSPS) is 19.1. The first kappa shape index (κ1) is 13.7. The minimum Gasteiger partial charge on any atom is -0.381 e. The summed E-state index contributed by atoms with van der Waals surface area (Å²) < 4.78 is 0. The molecule has 4 nitrogen and oxygen atoms in total. The lowest BCUT2D eigenvalue weighted by molar-refractivity contribution is -0.133. The van der Waals surface area contributed by atoms with Crippen molar-refractivity contribution in [2.75, 3.05) is 24.2 Å². The zero-order valence-electron chi connectivity index (χ0n) is 12.1. The fourth-order valence-corrected chi connectivity index (χ4v) is 2.26. The maximum atomic E-state index is 12.5. The Kier molecular flexibility index (Phi) is 3.98. The van der Waals surface area contributed by atoms with Gasteiger partial charge in [0, 0.05) is 19.6 Å². The molecule has 0 aliphatic carbocycles. The van der Waals surface area contributed by atoms with Crippen molar-refractivity contribution in [1.29, 1.82) is 0 Å². The number of hydrogen-bond acceptors (Lipinski definition) is 3. The van der Waals surface area contributed by atoms with Crippen LogP contribution in [0, 0.1) is 5.92 Å². The smallest absolute Gasteiger partial charge is 0.246 e. The zero-order chi connectivity index (χ0) is 14.0. The van der Waals surface area contributed by atoms with Crippen molar-refractivity contribution >= 4 is 17.3 Å². The van der Waals surface area contributed by atoms with E-state index in [4.69, 9.17) is 0 Å². The van der Waals surface area contributed by atoms with E-state index in [0.29, 0.717) is 12.5 Å². The number of nitrogens with one attached hydrogen (secondary N) is 2. The average Bonchev–Trinajstić information content (AvgIpc) is 2.44. The molecule has 19 heavy (non-hydrogen) atoms. The maximum absolute atomic E-state index is 12.5. The van der Waals surface area contributed by atoms with Crippen LogP contribution in [0.4, 0.5) is 11.4 Å². The van der Waals surface area contributed by atoms with Gasteiger partial charge in [-0.15, -0.1) is 0 Å². The van der Waals surface area contributed by atoms with Crippen LogP contribution in [-0.4, -0.2) is 36.5 Å². The first-order valence-electron chi connectivity index (χ1n) is 6.87. The lowest BCUT2D eigenvalue weighted by Crippen LogP contribution is -2.50. The molecule has 0 aromatic heterocycles. The Morgan fingerprint density at radius 1 is 1.26 bits per heavy atom. The third-order valence-corrected chi connectivity index (χ3v) is 3.97. The summed E-state index contributed by atoms with van der Waals surface area (Å²) >= 11 is 0. The molecule has 2 unspecified atom stereocenters. The van der Waals surface area contributed by atoms with E-state index in [1.807, 2.05) is 36.2 Å². The third-order valence-electron chi connectivity index (χ3n) is 3.97. The van der Waals surface area contributed by atoms with Crippen LogP contribution in [0.2, 0.25) is 0 Å². The highest BCUT2D eigenvalue weighted by molar-refractivity contribution is 5.88. The summed E-state index contributed by atoms with van der Waals surface area (Å²) in [5.41, 5.74) is 2.06. The number of carbonyl (C=O) groups excluding carboxylic acids is 1. The highest BCUT2D eigenvalue weighted by Gasteiger charge is 2.28. The van der Waals surface area contributed by atoms with Gasteiger partial charge in [0.1, 0.15) is 6.04 Å². The molecule has 2 atom stereocenters. The van der Waals surface area contributed by atoms with Crippen LogP contribution in [0.1, 0.15) is 20.8 Å². The minimum absolute atomic E-state index is 0.142. The number of amides is 1. The highest BCUT2D eigenvalue weighted by atomic mass is 16.2. The first-order chi connectivity index (χ1) is 9.00. The Morgan fingerprint density at radius 3 is 2.53 bits per heavy atom. The second kappa shape index (κ2) is 5.51. The second-order valence-electron chi connectivity index (χ2n) is 5.56. The second-order valence-corrected chi connectivity index (χ2v) is 5.56. The predicted octanol–water partition coefficient (Wildman–Crippen LogP) is 2.40. The van der Waals surface area contributed by atoms with Gasteiger partial charge < -0.3 is 15.5 Å². The van der Waals surface area contributed by atoms with Crippen molar-refractivity contribution in [2.45, 2.75) is 32.9 Å². The van der Waals surface area contributed by atoms with E-state index in [2.05, 4.69) is 31.4 Å². The molecular formula is C15H23N3O. The molecule has 0 saturated heterocycles. The number of nitrogens with zero attached hydrogens (tertiary/aromatic N) is 1. The van der Waals surface area contributed by atoms with Crippen molar-refractivity contribution in [3.05, 3.63) is 24.3 Å². The molecule has 1 aliphatic rings. The van der Waals surface area contributed by atoms with Crippen molar-refractivity contribution in [3.63, 3.8) is 0 Å². The molecule has 2 rings (SSSR count). The molecule has 4 heteroatoms. The van der Waals surface area contributed by atoms with Crippen LogP contribution in [0.25, 0.3) is 0 Å². The molecule has 0 saturated carbocycles. The summed E-state index contributed by atoms with van der Waals surface area (Å²) in [5.74, 6) is 0.598. The molecule has 0 spiro atoms. The molecule has 104 valence electrons. The molecule has 1 aromatic rings. The maximum Gasteiger partial charge on any atom is 0.246 e. The van der Waals surface area contributed by atoms with Gasteiger partial charge in [0.25, 0.3) is 0 Å². The van der Waals surface area contributed by atoms with Gasteiger partial charge in [-0.25, -0.2) is 0 Å². The fourth-order valence-electron chi connectivity index (χ4n) is 2.26. The molecular weight excluding hydrogens is 238 g/mol. The minimum atomic E-state index is -0.193. The quantitative estimate of drug-likeness (QED) is 0.878. The van der Waals surface area contributed by atoms with Crippen molar-refractivity contribution in [1.82, 2.24) is 4.90 Å². The molecule has 1 aliphatic heterocycles. The van der Waals surface area contributed by atoms with E-state index in [1.165, 1.54) is 0 Å². The topological polar surface area (TPSA) is 44.4 Å². The van der Waals surface area contributed by atoms with Gasteiger partial charge in [0.15, 0.2) is 0 Å². The van der Waals surface area contributed by atoms with Crippen LogP contribution in [-0.2, 0) is 4.79 Å². The molecule has 1 amide bonds. The van der Waals surface area contributed by atoms with Crippen molar-refractivity contribution in [2.24, 2.45) is 5.92 Å². The van der Waals surface area contributed by atoms with Crippen LogP contribution in [0.15, 0.2) is 24.3 Å². The van der Waals surface area contributed by atoms with Gasteiger partial charge >= 0.3 is 0 Å². The molecule has 0 bridgehead atoms. The fraction of sp³-hybridized carbons (Fsp3) is 0.533. The molecule has 0 radical (unpaired) electrons. The van der Waals surface area contributed by atoms with Crippen LogP contribution < -0.4 is 10.6 Å². The van der Waals surface area contributed by atoms with E-state index in [9.17, 15) is 4.79 Å². The van der Waals surface area contributed by atoms with Gasteiger partial charge in [0.05, 0.1) is 11.4 Å². The Hall–Kier alpha value is -1.71. The Morgan fingerprint density at radius 2 is 1.89 bits per heavy atom. The predicted molar refractivity (Wildman–Crippen MR) is 79.4 cm³/mol. The van der Waals surface area contributed by atoms with Gasteiger partial charge in [-0.1, -0.05) is 26.0 Å². The molecule has 1 heterocycles. The summed E-state index contributed by atoms with van der Waals surface area (Å²) in [7, 11) is 1.88. The number of benzene rings is 1. The van der Waals surface area contributed by atoms with Crippen LogP contribution in [0.3, 0.4) is 0 Å². The number of hydrogen-bond donors (Lipinski definition) is 2. The van der Waals surface area contributed by atoms with Gasteiger partial charge in [-0.05, 0) is 25.0 Å². The van der Waals surface area contributed by atoms with Gasteiger partial charge in [0.2, 0.25) is 5.91 Å². The van der Waals surface area contributed by atoms with E-state index < -0.39 is 0 Å². The lowest BCUT2D eigenvalue weighted by Gasteiger charge is -2.34. The number of likely N-dealkylation sites (N-methyl/N-ethyl adjacent to an activating group) is 1. The lowest BCUT2D eigenvalue weighted by atomic mass is 10.0. The van der Waals surface area contributed by atoms with Gasteiger partial charge in [-0.2, -0.15) is 0 Å². The Balaban J connectivity index is 2.06. The average molecular weight is 261 g/mol. The highest BCUT2D eigenvalue weighted by Crippen LogP contribution is 2.26. The standard InChI is InChI=1S/C15H23N3O/c1-10(2)11(3)18(4)15(19)14-9-16-12-7-5-6-8-13(12)17-14/h5-8,10-11,14,16-17H,9H2,1-4H3. The summed E-state index contributed by atoms with van der Waals surface area (Å²) in [4.78, 5) is 14.3. The Bertz CT molecular complexity index is 458. The number of rotatable bonds is 3. The third kappa shape index (κ3) is 2.83. The molecule has 2 N–H and O–H groups in total. The van der Waals surface area contributed by atoms with Crippen molar-refractivity contribution < 1.29 is 4.79 Å². The summed E-state index contributed by atoms with van der Waals surface area (Å²) in [6.07, 6.45) is 0. The monoisotopic (exact) mass is 261 g/mol. The number of carbonyl (C=O) groups is 1. The van der Waals surface area contributed by atoms with Crippen LogP contribution >= 0.6 is 0 Å². The summed E-state index contributed by atoms with van der Waals surface area (Å²) in [6.45, 7) is 6.99. The number of anilines is 2. The molecule has 1 aromatic carbocycles. The number of fused-ring (bicyclic) bond motifs is 1. The van der Waals surface area contributed by atoms with E-state index in [0.717, 1.165) is 11.4 Å². The summed E-state index contributed by atoms with van der Waals surface area (Å²) in [5, 5.41) is 6.62. The SMILES string of the molecule is CC(C)C(C)N(C)C(=O)C1CNc2ccccc2N1. The number of para-hydroxylation sites is 2. The van der Waals surface area contributed by atoms with E-state index in [-0.39, 0.29) is 18.0 Å². The Labute approximate surface area is 115 Å². The van der Waals surface area contributed by atoms with Crippen LogP contribution in [0.5, 0.6) is 0 Å². The molecule has 0 fully saturated rings. The van der Waals surface area contributed by atoms with Crippen molar-refractivity contribution in [3.8, 4) is 0 Å². The summed E-state index contributed by atoms with van der Waals surface area (Å²) in [6, 6.07) is 8.02. The zero-order valence-corrected chi connectivity index (χ0v) is 12.1. The van der Waals surface area contributed by atoms with E-state index in [1.54, 1.807) is 0 Å². The van der Waals surface area contributed by atoms with Gasteiger partial charge in [-0.3, -0.25) is 4.79 Å². The van der Waals surface area contributed by atoms with E-state index >= 15 is 0 Å². The first-order valence-corrected chi connectivity index (χ1v) is 6.87.